The highest BCUT2D eigenvalue weighted by molar-refractivity contribution is 5.79. The van der Waals surface area contributed by atoms with Crippen molar-refractivity contribution in [1.82, 2.24) is 10.2 Å². The van der Waals surface area contributed by atoms with Crippen LogP contribution in [0, 0.1) is 0 Å². The van der Waals surface area contributed by atoms with Gasteiger partial charge in [0.25, 0.3) is 0 Å². The number of rotatable bonds is 11. The van der Waals surface area contributed by atoms with Crippen molar-refractivity contribution in [3.8, 4) is 11.1 Å². The first-order chi connectivity index (χ1) is 16.3. The van der Waals surface area contributed by atoms with Gasteiger partial charge in [-0.1, -0.05) is 48.5 Å². The van der Waals surface area contributed by atoms with Crippen LogP contribution in [0.25, 0.3) is 11.1 Å². The molecule has 0 fully saturated rings. The van der Waals surface area contributed by atoms with E-state index in [0.29, 0.717) is 19.3 Å². The first-order valence-corrected chi connectivity index (χ1v) is 11.9. The molecule has 1 aliphatic rings. The minimum absolute atomic E-state index is 0.0129. The van der Waals surface area contributed by atoms with Gasteiger partial charge in [-0.15, -0.1) is 0 Å². The number of carbonyl (C=O) groups excluding carboxylic acids is 2. The molecule has 0 saturated heterocycles. The van der Waals surface area contributed by atoms with Crippen molar-refractivity contribution < 1.29 is 24.2 Å². The van der Waals surface area contributed by atoms with Crippen molar-refractivity contribution in [3.63, 3.8) is 0 Å². The molecule has 1 unspecified atom stereocenters. The first-order valence-electron chi connectivity index (χ1n) is 11.9. The first kappa shape index (κ1) is 25.3. The summed E-state index contributed by atoms with van der Waals surface area (Å²) in [5.41, 5.74) is 4.70. The predicted molar refractivity (Wildman–Crippen MR) is 131 cm³/mol. The second-order valence-corrected chi connectivity index (χ2v) is 9.09. The van der Waals surface area contributed by atoms with Crippen molar-refractivity contribution in [2.75, 3.05) is 13.2 Å². The number of carboxylic acid groups (broad SMARTS) is 1. The SMILES string of the molecule is CC(CCCC(=O)N(CCC(=O)O)C(C)C)NC(=O)OCC1c2ccccc2-c2ccccc21. The maximum absolute atomic E-state index is 12.5. The van der Waals surface area contributed by atoms with Gasteiger partial charge in [-0.3, -0.25) is 9.59 Å². The number of amides is 2. The molecular formula is C27H34N2O5. The third-order valence-corrected chi connectivity index (χ3v) is 6.25. The van der Waals surface area contributed by atoms with Crippen LogP contribution in [-0.4, -0.2) is 53.2 Å². The number of alkyl carbamates (subject to hydrolysis) is 1. The zero-order chi connectivity index (χ0) is 24.7. The Kier molecular flexibility index (Phi) is 8.68. The van der Waals surface area contributed by atoms with E-state index in [1.54, 1.807) is 4.90 Å². The molecule has 0 spiro atoms. The van der Waals surface area contributed by atoms with Crippen molar-refractivity contribution in [2.24, 2.45) is 0 Å². The van der Waals surface area contributed by atoms with Gasteiger partial charge in [0, 0.05) is 31.0 Å². The lowest BCUT2D eigenvalue weighted by Crippen LogP contribution is -2.38. The van der Waals surface area contributed by atoms with E-state index >= 15 is 0 Å². The van der Waals surface area contributed by atoms with Gasteiger partial charge in [-0.25, -0.2) is 4.79 Å². The molecule has 3 rings (SSSR count). The molecule has 0 aromatic heterocycles. The van der Waals surface area contributed by atoms with Crippen molar-refractivity contribution >= 4 is 18.0 Å². The van der Waals surface area contributed by atoms with E-state index in [2.05, 4.69) is 29.6 Å². The van der Waals surface area contributed by atoms with E-state index in [0.717, 1.165) is 0 Å². The van der Waals surface area contributed by atoms with Crippen LogP contribution in [0.2, 0.25) is 0 Å². The lowest BCUT2D eigenvalue weighted by molar-refractivity contribution is -0.139. The predicted octanol–water partition coefficient (Wildman–Crippen LogP) is 4.80. The van der Waals surface area contributed by atoms with E-state index in [1.807, 2.05) is 45.0 Å². The third-order valence-electron chi connectivity index (χ3n) is 6.25. The van der Waals surface area contributed by atoms with Gasteiger partial charge >= 0.3 is 12.1 Å². The summed E-state index contributed by atoms with van der Waals surface area (Å²) in [5.74, 6) is -0.970. The number of fused-ring (bicyclic) bond motifs is 3. The maximum Gasteiger partial charge on any atom is 0.407 e. The Hall–Kier alpha value is -3.35. The fourth-order valence-corrected chi connectivity index (χ4v) is 4.50. The van der Waals surface area contributed by atoms with E-state index in [1.165, 1.54) is 22.3 Å². The normalized spacial score (nSPS) is 13.2. The summed E-state index contributed by atoms with van der Waals surface area (Å²) in [5, 5.41) is 11.7. The van der Waals surface area contributed by atoms with Crippen LogP contribution in [-0.2, 0) is 14.3 Å². The highest BCUT2D eigenvalue weighted by Crippen LogP contribution is 2.44. The Bertz CT molecular complexity index is 974. The molecule has 1 atom stereocenters. The van der Waals surface area contributed by atoms with Crippen molar-refractivity contribution in [1.29, 1.82) is 0 Å². The van der Waals surface area contributed by atoms with E-state index in [-0.39, 0.29) is 43.5 Å². The molecule has 1 aliphatic carbocycles. The largest absolute Gasteiger partial charge is 0.481 e. The number of hydrogen-bond donors (Lipinski definition) is 2. The standard InChI is InChI=1S/C27H34N2O5/c1-18(2)29(16-15-26(31)32)25(30)14-8-9-19(3)28-27(33)34-17-24-22-12-6-4-10-20(22)21-11-5-7-13-23(21)24/h4-7,10-13,18-19,24H,8-9,14-17H2,1-3H3,(H,28,33)(H,31,32). The average molecular weight is 467 g/mol. The zero-order valence-corrected chi connectivity index (χ0v) is 20.1. The summed E-state index contributed by atoms with van der Waals surface area (Å²) in [6.07, 6.45) is 1.00. The lowest BCUT2D eigenvalue weighted by Gasteiger charge is -2.26. The number of ether oxygens (including phenoxy) is 1. The van der Waals surface area contributed by atoms with Gasteiger partial charge in [0.2, 0.25) is 5.91 Å². The Morgan fingerprint density at radius 1 is 0.971 bits per heavy atom. The quantitative estimate of drug-likeness (QED) is 0.496. The molecule has 0 heterocycles. The van der Waals surface area contributed by atoms with E-state index in [9.17, 15) is 14.4 Å². The molecule has 0 aliphatic heterocycles. The fraction of sp³-hybridized carbons (Fsp3) is 0.444. The number of aliphatic carboxylic acids is 1. The van der Waals surface area contributed by atoms with Gasteiger partial charge < -0.3 is 20.1 Å². The molecule has 182 valence electrons. The van der Waals surface area contributed by atoms with Crippen LogP contribution >= 0.6 is 0 Å². The highest BCUT2D eigenvalue weighted by Gasteiger charge is 2.29. The minimum atomic E-state index is -0.917. The molecule has 2 aromatic rings. The van der Waals surface area contributed by atoms with Crippen molar-refractivity contribution in [2.45, 2.75) is 64.5 Å². The molecule has 7 heteroatoms. The average Bonchev–Trinajstić information content (AvgIpc) is 3.11. The second-order valence-electron chi connectivity index (χ2n) is 9.09. The Morgan fingerprint density at radius 2 is 1.56 bits per heavy atom. The number of hydrogen-bond acceptors (Lipinski definition) is 4. The number of nitrogens with zero attached hydrogens (tertiary/aromatic N) is 1. The third kappa shape index (κ3) is 6.37. The monoisotopic (exact) mass is 466 g/mol. The molecule has 2 N–H and O–H groups in total. The summed E-state index contributed by atoms with van der Waals surface area (Å²) in [6.45, 7) is 6.11. The number of nitrogens with one attached hydrogen (secondary N) is 1. The smallest absolute Gasteiger partial charge is 0.407 e. The van der Waals surface area contributed by atoms with Gasteiger partial charge in [-0.2, -0.15) is 0 Å². The number of benzene rings is 2. The minimum Gasteiger partial charge on any atom is -0.481 e. The summed E-state index contributed by atoms with van der Waals surface area (Å²) in [6, 6.07) is 16.2. The van der Waals surface area contributed by atoms with Gasteiger partial charge in [0.1, 0.15) is 6.61 Å². The van der Waals surface area contributed by atoms with E-state index < -0.39 is 12.1 Å². The molecule has 0 saturated carbocycles. The van der Waals surface area contributed by atoms with Crippen LogP contribution in [0.1, 0.15) is 63.5 Å². The van der Waals surface area contributed by atoms with Gasteiger partial charge in [-0.05, 0) is 55.9 Å². The Balaban J connectivity index is 1.44. The molecule has 2 aromatic carbocycles. The molecule has 0 radical (unpaired) electrons. The topological polar surface area (TPSA) is 95.9 Å². The Morgan fingerprint density at radius 3 is 2.12 bits per heavy atom. The van der Waals surface area contributed by atoms with E-state index in [4.69, 9.17) is 9.84 Å². The van der Waals surface area contributed by atoms with Gasteiger partial charge in [0.05, 0.1) is 6.42 Å². The molecule has 2 amide bonds. The molecule has 0 bridgehead atoms. The summed E-state index contributed by atoms with van der Waals surface area (Å²) < 4.78 is 5.58. The maximum atomic E-state index is 12.5. The van der Waals surface area contributed by atoms with Crippen LogP contribution in [0.15, 0.2) is 48.5 Å². The van der Waals surface area contributed by atoms with Crippen LogP contribution in [0.4, 0.5) is 4.79 Å². The van der Waals surface area contributed by atoms with Crippen LogP contribution < -0.4 is 5.32 Å². The highest BCUT2D eigenvalue weighted by atomic mass is 16.5. The second kappa shape index (κ2) is 11.7. The van der Waals surface area contributed by atoms with Gasteiger partial charge in [0.15, 0.2) is 0 Å². The number of carboxylic acids is 1. The Labute approximate surface area is 201 Å². The van der Waals surface area contributed by atoms with Crippen LogP contribution in [0.3, 0.4) is 0 Å². The number of carbonyl (C=O) groups is 3. The van der Waals surface area contributed by atoms with Crippen LogP contribution in [0.5, 0.6) is 0 Å². The summed E-state index contributed by atoms with van der Waals surface area (Å²) in [7, 11) is 0. The molecule has 7 nitrogen and oxygen atoms in total. The van der Waals surface area contributed by atoms with Crippen molar-refractivity contribution in [3.05, 3.63) is 59.7 Å². The molecule has 34 heavy (non-hydrogen) atoms. The zero-order valence-electron chi connectivity index (χ0n) is 20.1. The summed E-state index contributed by atoms with van der Waals surface area (Å²) in [4.78, 5) is 37.3. The fourth-order valence-electron chi connectivity index (χ4n) is 4.50. The summed E-state index contributed by atoms with van der Waals surface area (Å²) >= 11 is 0. The molecular weight excluding hydrogens is 432 g/mol. The lowest BCUT2D eigenvalue weighted by atomic mass is 9.98.